The average molecular weight is 336 g/mol. The van der Waals surface area contributed by atoms with Gasteiger partial charge in [0.05, 0.1) is 22.5 Å². The van der Waals surface area contributed by atoms with Gasteiger partial charge >= 0.3 is 0 Å². The summed E-state index contributed by atoms with van der Waals surface area (Å²) in [5.41, 5.74) is 1.04. The van der Waals surface area contributed by atoms with Crippen molar-refractivity contribution >= 4 is 34.9 Å². The van der Waals surface area contributed by atoms with E-state index in [2.05, 4.69) is 15.5 Å². The number of benzene rings is 1. The number of halogens is 2. The van der Waals surface area contributed by atoms with Gasteiger partial charge in [-0.05, 0) is 18.2 Å². The van der Waals surface area contributed by atoms with E-state index in [-0.39, 0.29) is 5.91 Å². The Morgan fingerprint density at radius 3 is 2.77 bits per heavy atom. The fourth-order valence-electron chi connectivity index (χ4n) is 1.91. The summed E-state index contributed by atoms with van der Waals surface area (Å²) >= 11 is 12.0. The molecule has 0 spiro atoms. The SMILES string of the molecule is Cn1ccc(NC(=O)c2cnn(-c3ccc(Cl)cc3Cl)c2)n1. The minimum absolute atomic E-state index is 0.296. The Morgan fingerprint density at radius 1 is 1.27 bits per heavy atom. The molecular weight excluding hydrogens is 325 g/mol. The second kappa shape index (κ2) is 5.82. The summed E-state index contributed by atoms with van der Waals surface area (Å²) in [6.07, 6.45) is 4.79. The lowest BCUT2D eigenvalue weighted by Crippen LogP contribution is -2.11. The molecule has 0 aliphatic rings. The Kier molecular flexibility index (Phi) is 3.87. The van der Waals surface area contributed by atoms with Gasteiger partial charge in [0.1, 0.15) is 0 Å². The normalized spacial score (nSPS) is 10.7. The molecule has 112 valence electrons. The summed E-state index contributed by atoms with van der Waals surface area (Å²) in [4.78, 5) is 12.1. The smallest absolute Gasteiger partial charge is 0.260 e. The Bertz CT molecular complexity index is 839. The van der Waals surface area contributed by atoms with Crippen molar-refractivity contribution in [3.63, 3.8) is 0 Å². The Morgan fingerprint density at radius 2 is 2.09 bits per heavy atom. The van der Waals surface area contributed by atoms with Crippen molar-refractivity contribution < 1.29 is 4.79 Å². The highest BCUT2D eigenvalue weighted by Gasteiger charge is 2.12. The number of carbonyl (C=O) groups is 1. The van der Waals surface area contributed by atoms with Crippen molar-refractivity contribution in [1.29, 1.82) is 0 Å². The summed E-state index contributed by atoms with van der Waals surface area (Å²) in [7, 11) is 1.77. The van der Waals surface area contributed by atoms with Gasteiger partial charge in [0, 0.05) is 30.5 Å². The van der Waals surface area contributed by atoms with E-state index in [4.69, 9.17) is 23.2 Å². The highest BCUT2D eigenvalue weighted by atomic mass is 35.5. The van der Waals surface area contributed by atoms with Crippen LogP contribution in [-0.4, -0.2) is 25.5 Å². The third-order valence-corrected chi connectivity index (χ3v) is 3.49. The largest absolute Gasteiger partial charge is 0.305 e. The van der Waals surface area contributed by atoms with E-state index < -0.39 is 0 Å². The molecule has 0 saturated heterocycles. The molecule has 0 fully saturated rings. The molecule has 0 aliphatic carbocycles. The molecule has 3 rings (SSSR count). The Balaban J connectivity index is 1.82. The van der Waals surface area contributed by atoms with Gasteiger partial charge in [0.2, 0.25) is 0 Å². The molecule has 3 aromatic rings. The van der Waals surface area contributed by atoms with E-state index in [9.17, 15) is 4.79 Å². The molecule has 1 aromatic carbocycles. The van der Waals surface area contributed by atoms with Gasteiger partial charge in [-0.2, -0.15) is 10.2 Å². The van der Waals surface area contributed by atoms with Gasteiger partial charge < -0.3 is 5.32 Å². The number of hydrogen-bond donors (Lipinski definition) is 1. The first-order chi connectivity index (χ1) is 10.5. The molecule has 0 saturated carbocycles. The zero-order chi connectivity index (χ0) is 15.7. The average Bonchev–Trinajstić information content (AvgIpc) is 3.08. The van der Waals surface area contributed by atoms with E-state index in [0.717, 1.165) is 0 Å². The molecule has 1 amide bonds. The topological polar surface area (TPSA) is 64.7 Å². The van der Waals surface area contributed by atoms with Crippen LogP contribution in [0.15, 0.2) is 42.9 Å². The van der Waals surface area contributed by atoms with Gasteiger partial charge in [-0.25, -0.2) is 4.68 Å². The second-order valence-corrected chi connectivity index (χ2v) is 5.44. The zero-order valence-corrected chi connectivity index (χ0v) is 13.0. The molecule has 0 atom stereocenters. The molecule has 0 radical (unpaired) electrons. The molecule has 1 N–H and O–H groups in total. The summed E-state index contributed by atoms with van der Waals surface area (Å²) < 4.78 is 3.12. The Labute approximate surface area is 136 Å². The van der Waals surface area contributed by atoms with Crippen LogP contribution >= 0.6 is 23.2 Å². The van der Waals surface area contributed by atoms with Crippen LogP contribution in [0.25, 0.3) is 5.69 Å². The van der Waals surface area contributed by atoms with Crippen molar-refractivity contribution in [2.24, 2.45) is 7.05 Å². The van der Waals surface area contributed by atoms with Crippen LogP contribution in [0.5, 0.6) is 0 Å². The van der Waals surface area contributed by atoms with Gasteiger partial charge in [-0.3, -0.25) is 9.48 Å². The number of nitrogens with one attached hydrogen (secondary N) is 1. The van der Waals surface area contributed by atoms with Gasteiger partial charge in [-0.15, -0.1) is 0 Å². The maximum Gasteiger partial charge on any atom is 0.260 e. The molecule has 0 unspecified atom stereocenters. The minimum atomic E-state index is -0.296. The number of aromatic nitrogens is 4. The molecule has 0 bridgehead atoms. The molecule has 2 aromatic heterocycles. The third-order valence-electron chi connectivity index (χ3n) is 2.96. The van der Waals surface area contributed by atoms with E-state index in [1.807, 2.05) is 0 Å². The fourth-order valence-corrected chi connectivity index (χ4v) is 2.40. The van der Waals surface area contributed by atoms with Crippen LogP contribution in [0.2, 0.25) is 10.0 Å². The summed E-state index contributed by atoms with van der Waals surface area (Å²) in [5, 5.41) is 11.9. The maximum absolute atomic E-state index is 12.1. The first kappa shape index (κ1) is 14.6. The fraction of sp³-hybridized carbons (Fsp3) is 0.0714. The highest BCUT2D eigenvalue weighted by molar-refractivity contribution is 6.35. The van der Waals surface area contributed by atoms with E-state index >= 15 is 0 Å². The van der Waals surface area contributed by atoms with E-state index in [1.165, 1.54) is 10.9 Å². The highest BCUT2D eigenvalue weighted by Crippen LogP contribution is 2.24. The number of rotatable bonds is 3. The van der Waals surface area contributed by atoms with Crippen LogP contribution < -0.4 is 5.32 Å². The number of amides is 1. The number of hydrogen-bond acceptors (Lipinski definition) is 3. The standard InChI is InChI=1S/C14H11Cl2N5O/c1-20-5-4-13(19-20)18-14(22)9-7-17-21(8-9)12-3-2-10(15)6-11(12)16/h2-8H,1H3,(H,18,19,22). The monoisotopic (exact) mass is 335 g/mol. The van der Waals surface area contributed by atoms with Crippen molar-refractivity contribution in [2.75, 3.05) is 5.32 Å². The summed E-state index contributed by atoms with van der Waals surface area (Å²) in [6.45, 7) is 0. The van der Waals surface area contributed by atoms with Crippen molar-refractivity contribution in [2.45, 2.75) is 0 Å². The minimum Gasteiger partial charge on any atom is -0.305 e. The number of anilines is 1. The molecule has 6 nitrogen and oxygen atoms in total. The maximum atomic E-state index is 12.1. The van der Waals surface area contributed by atoms with Gasteiger partial charge in [0.15, 0.2) is 5.82 Å². The lowest BCUT2D eigenvalue weighted by Gasteiger charge is -2.04. The van der Waals surface area contributed by atoms with Crippen molar-refractivity contribution in [1.82, 2.24) is 19.6 Å². The first-order valence-corrected chi connectivity index (χ1v) is 7.09. The predicted molar refractivity (Wildman–Crippen MR) is 84.7 cm³/mol. The molecule has 0 aliphatic heterocycles. The number of aryl methyl sites for hydroxylation is 1. The van der Waals surface area contributed by atoms with Crippen LogP contribution in [0.1, 0.15) is 10.4 Å². The van der Waals surface area contributed by atoms with Crippen LogP contribution in [0.3, 0.4) is 0 Å². The first-order valence-electron chi connectivity index (χ1n) is 6.34. The number of nitrogens with zero attached hydrogens (tertiary/aromatic N) is 4. The van der Waals surface area contributed by atoms with E-state index in [0.29, 0.717) is 27.1 Å². The van der Waals surface area contributed by atoms with Crippen molar-refractivity contribution in [3.8, 4) is 5.69 Å². The van der Waals surface area contributed by atoms with E-state index in [1.54, 1.807) is 48.4 Å². The number of carbonyl (C=O) groups excluding carboxylic acids is 1. The van der Waals surface area contributed by atoms with Crippen LogP contribution in [-0.2, 0) is 7.05 Å². The molecular formula is C14H11Cl2N5O. The molecule has 2 heterocycles. The third kappa shape index (κ3) is 2.98. The summed E-state index contributed by atoms with van der Waals surface area (Å²) in [5.74, 6) is 0.180. The Hall–Kier alpha value is -2.31. The quantitative estimate of drug-likeness (QED) is 0.799. The van der Waals surface area contributed by atoms with Gasteiger partial charge in [-0.1, -0.05) is 23.2 Å². The molecule has 8 heteroatoms. The predicted octanol–water partition coefficient (Wildman–Crippen LogP) is 3.16. The van der Waals surface area contributed by atoms with Gasteiger partial charge in [0.25, 0.3) is 5.91 Å². The van der Waals surface area contributed by atoms with Crippen LogP contribution in [0.4, 0.5) is 5.82 Å². The van der Waals surface area contributed by atoms with Crippen LogP contribution in [0, 0.1) is 0 Å². The van der Waals surface area contributed by atoms with Crippen molar-refractivity contribution in [3.05, 3.63) is 58.5 Å². The second-order valence-electron chi connectivity index (χ2n) is 4.60. The zero-order valence-electron chi connectivity index (χ0n) is 11.5. The lowest BCUT2D eigenvalue weighted by molar-refractivity contribution is 0.102. The molecule has 22 heavy (non-hydrogen) atoms. The summed E-state index contributed by atoms with van der Waals surface area (Å²) in [6, 6.07) is 6.77. The lowest BCUT2D eigenvalue weighted by atomic mass is 10.3.